The lowest BCUT2D eigenvalue weighted by Crippen LogP contribution is -2.61. The van der Waals surface area contributed by atoms with Crippen LogP contribution < -0.4 is 0 Å². The summed E-state index contributed by atoms with van der Waals surface area (Å²) >= 11 is 0. The summed E-state index contributed by atoms with van der Waals surface area (Å²) < 4.78 is 1.97. The molecule has 1 unspecified atom stereocenters. The standard InChI is InChI=1S/C15H26N4/c1-12-6-4-5-7-19(12)15-10-18(11-15)9-14-8-16-17(3)13(14)2/h8,12,15H,4-7,9-11H2,1-3H3. The van der Waals surface area contributed by atoms with Crippen LogP contribution in [-0.4, -0.2) is 51.3 Å². The van der Waals surface area contributed by atoms with Gasteiger partial charge in [-0.05, 0) is 33.2 Å². The third-order valence-electron chi connectivity index (χ3n) is 4.99. The molecule has 0 aliphatic carbocycles. The number of likely N-dealkylation sites (tertiary alicyclic amines) is 2. The smallest absolute Gasteiger partial charge is 0.0537 e. The molecule has 4 heteroatoms. The van der Waals surface area contributed by atoms with Crippen LogP contribution in [-0.2, 0) is 13.6 Å². The van der Waals surface area contributed by atoms with E-state index in [0.717, 1.165) is 18.6 Å². The third kappa shape index (κ3) is 2.56. The van der Waals surface area contributed by atoms with Gasteiger partial charge in [0.05, 0.1) is 6.20 Å². The van der Waals surface area contributed by atoms with E-state index in [0.29, 0.717) is 0 Å². The zero-order valence-electron chi connectivity index (χ0n) is 12.5. The van der Waals surface area contributed by atoms with Crippen molar-refractivity contribution >= 4 is 0 Å². The molecule has 2 aliphatic rings. The Bertz CT molecular complexity index is 433. The monoisotopic (exact) mass is 262 g/mol. The van der Waals surface area contributed by atoms with E-state index in [1.807, 2.05) is 17.9 Å². The lowest BCUT2D eigenvalue weighted by Gasteiger charge is -2.49. The van der Waals surface area contributed by atoms with Crippen LogP contribution >= 0.6 is 0 Å². The zero-order valence-corrected chi connectivity index (χ0v) is 12.5. The Hall–Kier alpha value is -0.870. The van der Waals surface area contributed by atoms with Gasteiger partial charge in [-0.3, -0.25) is 14.5 Å². The van der Waals surface area contributed by atoms with Gasteiger partial charge in [-0.1, -0.05) is 6.42 Å². The molecule has 0 aromatic carbocycles. The van der Waals surface area contributed by atoms with Gasteiger partial charge < -0.3 is 0 Å². The number of rotatable bonds is 3. The lowest BCUT2D eigenvalue weighted by molar-refractivity contribution is -0.00629. The van der Waals surface area contributed by atoms with E-state index in [1.54, 1.807) is 0 Å². The van der Waals surface area contributed by atoms with Gasteiger partial charge in [0.15, 0.2) is 0 Å². The molecule has 0 saturated carbocycles. The van der Waals surface area contributed by atoms with Gasteiger partial charge in [0.1, 0.15) is 0 Å². The normalized spacial score (nSPS) is 26.6. The quantitative estimate of drug-likeness (QED) is 0.830. The largest absolute Gasteiger partial charge is 0.296 e. The average molecular weight is 262 g/mol. The van der Waals surface area contributed by atoms with Crippen molar-refractivity contribution in [3.05, 3.63) is 17.5 Å². The highest BCUT2D eigenvalue weighted by Gasteiger charge is 2.35. The van der Waals surface area contributed by atoms with Gasteiger partial charge in [-0.15, -0.1) is 0 Å². The topological polar surface area (TPSA) is 24.3 Å². The molecule has 2 fully saturated rings. The Morgan fingerprint density at radius 3 is 2.74 bits per heavy atom. The Balaban J connectivity index is 1.51. The molecular formula is C15H26N4. The molecule has 0 radical (unpaired) electrons. The maximum atomic E-state index is 4.33. The number of piperidine rings is 1. The van der Waals surface area contributed by atoms with E-state index < -0.39 is 0 Å². The van der Waals surface area contributed by atoms with Crippen molar-refractivity contribution in [1.29, 1.82) is 0 Å². The summed E-state index contributed by atoms with van der Waals surface area (Å²) in [7, 11) is 2.02. The molecular weight excluding hydrogens is 236 g/mol. The third-order valence-corrected chi connectivity index (χ3v) is 4.99. The number of nitrogens with zero attached hydrogens (tertiary/aromatic N) is 4. The molecule has 0 bridgehead atoms. The minimum absolute atomic E-state index is 0.793. The van der Waals surface area contributed by atoms with Gasteiger partial charge >= 0.3 is 0 Å². The van der Waals surface area contributed by atoms with E-state index >= 15 is 0 Å². The molecule has 3 rings (SSSR count). The molecule has 106 valence electrons. The number of hydrogen-bond acceptors (Lipinski definition) is 3. The first-order chi connectivity index (χ1) is 9.15. The molecule has 4 nitrogen and oxygen atoms in total. The lowest BCUT2D eigenvalue weighted by atomic mass is 9.97. The van der Waals surface area contributed by atoms with Crippen molar-refractivity contribution in [2.24, 2.45) is 7.05 Å². The molecule has 1 atom stereocenters. The maximum absolute atomic E-state index is 4.33. The second kappa shape index (κ2) is 5.25. The summed E-state index contributed by atoms with van der Waals surface area (Å²) in [6, 6.07) is 1.59. The Labute approximate surface area is 116 Å². The van der Waals surface area contributed by atoms with Crippen molar-refractivity contribution in [1.82, 2.24) is 19.6 Å². The van der Waals surface area contributed by atoms with Crippen molar-refractivity contribution in [2.75, 3.05) is 19.6 Å². The first-order valence-electron chi connectivity index (χ1n) is 7.60. The zero-order chi connectivity index (χ0) is 13.4. The van der Waals surface area contributed by atoms with E-state index in [9.17, 15) is 0 Å². The van der Waals surface area contributed by atoms with Crippen LogP contribution in [0, 0.1) is 6.92 Å². The fourth-order valence-corrected chi connectivity index (χ4v) is 3.48. The summed E-state index contributed by atoms with van der Waals surface area (Å²) in [6.45, 7) is 9.40. The van der Waals surface area contributed by atoms with Gasteiger partial charge in [0.2, 0.25) is 0 Å². The fraction of sp³-hybridized carbons (Fsp3) is 0.800. The highest BCUT2D eigenvalue weighted by Crippen LogP contribution is 2.25. The first-order valence-corrected chi connectivity index (χ1v) is 7.60. The SMILES string of the molecule is Cc1c(CN2CC(N3CCCCC3C)C2)cnn1C. The molecule has 1 aromatic heterocycles. The van der Waals surface area contributed by atoms with Crippen LogP contribution in [0.5, 0.6) is 0 Å². The number of hydrogen-bond donors (Lipinski definition) is 0. The first kappa shape index (κ1) is 13.1. The number of aryl methyl sites for hydroxylation is 1. The highest BCUT2D eigenvalue weighted by molar-refractivity contribution is 5.16. The predicted octanol–water partition coefficient (Wildman–Crippen LogP) is 1.79. The van der Waals surface area contributed by atoms with Crippen LogP contribution in [0.25, 0.3) is 0 Å². The Morgan fingerprint density at radius 1 is 1.32 bits per heavy atom. The van der Waals surface area contributed by atoms with E-state index in [1.165, 1.54) is 50.2 Å². The van der Waals surface area contributed by atoms with E-state index in [-0.39, 0.29) is 0 Å². The summed E-state index contributed by atoms with van der Waals surface area (Å²) in [6.07, 6.45) is 6.22. The van der Waals surface area contributed by atoms with Crippen LogP contribution in [0.2, 0.25) is 0 Å². The fourth-order valence-electron chi connectivity index (χ4n) is 3.48. The summed E-state index contributed by atoms with van der Waals surface area (Å²) in [5.41, 5.74) is 2.68. The van der Waals surface area contributed by atoms with Gasteiger partial charge in [0.25, 0.3) is 0 Å². The second-order valence-corrected chi connectivity index (χ2v) is 6.31. The van der Waals surface area contributed by atoms with Crippen LogP contribution in [0.15, 0.2) is 6.20 Å². The molecule has 3 heterocycles. The number of aromatic nitrogens is 2. The molecule has 2 aliphatic heterocycles. The molecule has 19 heavy (non-hydrogen) atoms. The minimum atomic E-state index is 0.793. The van der Waals surface area contributed by atoms with Crippen molar-refractivity contribution in [3.8, 4) is 0 Å². The van der Waals surface area contributed by atoms with Crippen LogP contribution in [0.4, 0.5) is 0 Å². The average Bonchev–Trinajstić information content (AvgIpc) is 2.66. The maximum Gasteiger partial charge on any atom is 0.0537 e. The van der Waals surface area contributed by atoms with Crippen LogP contribution in [0.1, 0.15) is 37.4 Å². The Morgan fingerprint density at radius 2 is 2.11 bits per heavy atom. The summed E-state index contributed by atoms with van der Waals surface area (Å²) in [5, 5.41) is 4.33. The van der Waals surface area contributed by atoms with Gasteiger partial charge in [-0.25, -0.2) is 0 Å². The molecule has 0 N–H and O–H groups in total. The molecule has 2 saturated heterocycles. The van der Waals surface area contributed by atoms with Crippen molar-refractivity contribution < 1.29 is 0 Å². The van der Waals surface area contributed by atoms with Crippen molar-refractivity contribution in [3.63, 3.8) is 0 Å². The van der Waals surface area contributed by atoms with Crippen molar-refractivity contribution in [2.45, 2.75) is 51.7 Å². The molecule has 0 amide bonds. The molecule has 1 aromatic rings. The molecule has 0 spiro atoms. The van der Waals surface area contributed by atoms with Gasteiger partial charge in [-0.2, -0.15) is 5.10 Å². The summed E-state index contributed by atoms with van der Waals surface area (Å²) in [4.78, 5) is 5.28. The predicted molar refractivity (Wildman–Crippen MR) is 77.0 cm³/mol. The van der Waals surface area contributed by atoms with E-state index in [2.05, 4.69) is 28.7 Å². The van der Waals surface area contributed by atoms with E-state index in [4.69, 9.17) is 0 Å². The summed E-state index contributed by atoms with van der Waals surface area (Å²) in [5.74, 6) is 0. The Kier molecular flexibility index (Phi) is 3.63. The van der Waals surface area contributed by atoms with Crippen LogP contribution in [0.3, 0.4) is 0 Å². The highest BCUT2D eigenvalue weighted by atomic mass is 15.3. The van der Waals surface area contributed by atoms with Gasteiger partial charge in [0, 0.05) is 50.0 Å². The minimum Gasteiger partial charge on any atom is -0.296 e. The second-order valence-electron chi connectivity index (χ2n) is 6.31.